The van der Waals surface area contributed by atoms with Crippen LogP contribution in [0.15, 0.2) is 0 Å². The number of hydrogen-bond donors (Lipinski definition) is 1. The number of nitrogens with one attached hydrogen (secondary N) is 1. The highest BCUT2D eigenvalue weighted by atomic mass is 15.2. The average molecular weight is 226 g/mol. The second-order valence-corrected chi connectivity index (χ2v) is 5.47. The van der Waals surface area contributed by atoms with E-state index in [-0.39, 0.29) is 0 Å². The molecule has 0 heterocycles. The Morgan fingerprint density at radius 3 is 2.25 bits per heavy atom. The molecule has 1 aliphatic rings. The van der Waals surface area contributed by atoms with E-state index in [1.165, 1.54) is 45.2 Å². The van der Waals surface area contributed by atoms with Crippen molar-refractivity contribution in [3.8, 4) is 0 Å². The summed E-state index contributed by atoms with van der Waals surface area (Å²) in [5.74, 6) is 0.909. The molecule has 2 heteroatoms. The normalized spacial score (nSPS) is 20.6. The molecule has 0 spiro atoms. The van der Waals surface area contributed by atoms with Gasteiger partial charge < -0.3 is 5.32 Å². The Bertz CT molecular complexity index is 174. The Morgan fingerprint density at radius 2 is 1.81 bits per heavy atom. The van der Waals surface area contributed by atoms with E-state index >= 15 is 0 Å². The standard InChI is InChI=1S/C14H30N2/c1-5-16(12(2)3)11-14(15-4)13-9-7-6-8-10-13/h12-15H,5-11H2,1-4H3. The third-order valence-electron chi connectivity index (χ3n) is 4.16. The monoisotopic (exact) mass is 226 g/mol. The van der Waals surface area contributed by atoms with Gasteiger partial charge in [-0.2, -0.15) is 0 Å². The smallest absolute Gasteiger partial charge is 0.0220 e. The molecule has 16 heavy (non-hydrogen) atoms. The molecular weight excluding hydrogens is 196 g/mol. The van der Waals surface area contributed by atoms with Gasteiger partial charge in [0.1, 0.15) is 0 Å². The molecule has 0 radical (unpaired) electrons. The van der Waals surface area contributed by atoms with Crippen molar-refractivity contribution in [1.82, 2.24) is 10.2 Å². The molecule has 0 aliphatic heterocycles. The summed E-state index contributed by atoms with van der Waals surface area (Å²) in [5, 5.41) is 3.55. The van der Waals surface area contributed by atoms with Crippen molar-refractivity contribution in [2.45, 2.75) is 65.0 Å². The highest BCUT2D eigenvalue weighted by Gasteiger charge is 2.24. The molecule has 0 aromatic rings. The Kier molecular flexibility index (Phi) is 6.37. The van der Waals surface area contributed by atoms with Crippen molar-refractivity contribution in [3.05, 3.63) is 0 Å². The van der Waals surface area contributed by atoms with Crippen LogP contribution in [0.4, 0.5) is 0 Å². The van der Waals surface area contributed by atoms with Gasteiger partial charge >= 0.3 is 0 Å². The Labute approximate surface area is 102 Å². The van der Waals surface area contributed by atoms with Crippen LogP contribution in [0.1, 0.15) is 52.9 Å². The van der Waals surface area contributed by atoms with Gasteiger partial charge in [0.05, 0.1) is 0 Å². The van der Waals surface area contributed by atoms with E-state index < -0.39 is 0 Å². The van der Waals surface area contributed by atoms with E-state index in [2.05, 4.69) is 38.0 Å². The van der Waals surface area contributed by atoms with Crippen LogP contribution in [-0.2, 0) is 0 Å². The van der Waals surface area contributed by atoms with E-state index in [0.717, 1.165) is 5.92 Å². The molecule has 1 fully saturated rings. The highest BCUT2D eigenvalue weighted by Crippen LogP contribution is 2.26. The molecule has 1 rings (SSSR count). The zero-order valence-corrected chi connectivity index (χ0v) is 11.6. The van der Waals surface area contributed by atoms with Crippen LogP contribution in [-0.4, -0.2) is 37.1 Å². The largest absolute Gasteiger partial charge is 0.315 e. The fourth-order valence-corrected chi connectivity index (χ4v) is 2.97. The first kappa shape index (κ1) is 14.0. The summed E-state index contributed by atoms with van der Waals surface area (Å²) in [6.07, 6.45) is 7.20. The number of hydrogen-bond acceptors (Lipinski definition) is 2. The molecule has 2 nitrogen and oxygen atoms in total. The molecule has 1 aliphatic carbocycles. The molecule has 1 N–H and O–H groups in total. The van der Waals surface area contributed by atoms with Crippen LogP contribution in [0.25, 0.3) is 0 Å². The summed E-state index contributed by atoms with van der Waals surface area (Å²) in [4.78, 5) is 2.58. The van der Waals surface area contributed by atoms with Crippen LogP contribution >= 0.6 is 0 Å². The van der Waals surface area contributed by atoms with Crippen LogP contribution < -0.4 is 5.32 Å². The van der Waals surface area contributed by atoms with Crippen molar-refractivity contribution in [2.24, 2.45) is 5.92 Å². The number of likely N-dealkylation sites (N-methyl/N-ethyl adjacent to an activating group) is 2. The van der Waals surface area contributed by atoms with Gasteiger partial charge in [-0.1, -0.05) is 26.2 Å². The highest BCUT2D eigenvalue weighted by molar-refractivity contribution is 4.81. The summed E-state index contributed by atoms with van der Waals surface area (Å²) in [5.41, 5.74) is 0. The van der Waals surface area contributed by atoms with Crippen molar-refractivity contribution in [1.29, 1.82) is 0 Å². The zero-order chi connectivity index (χ0) is 12.0. The summed E-state index contributed by atoms with van der Waals surface area (Å²) >= 11 is 0. The minimum Gasteiger partial charge on any atom is -0.315 e. The lowest BCUT2D eigenvalue weighted by Gasteiger charge is -2.35. The average Bonchev–Trinajstić information content (AvgIpc) is 2.31. The van der Waals surface area contributed by atoms with E-state index in [0.29, 0.717) is 12.1 Å². The fraction of sp³-hybridized carbons (Fsp3) is 1.00. The van der Waals surface area contributed by atoms with Gasteiger partial charge in [0.25, 0.3) is 0 Å². The maximum absolute atomic E-state index is 3.55. The quantitative estimate of drug-likeness (QED) is 0.749. The predicted molar refractivity (Wildman–Crippen MR) is 71.8 cm³/mol. The Morgan fingerprint density at radius 1 is 1.19 bits per heavy atom. The van der Waals surface area contributed by atoms with Gasteiger partial charge in [0.15, 0.2) is 0 Å². The second kappa shape index (κ2) is 7.29. The lowest BCUT2D eigenvalue weighted by molar-refractivity contribution is 0.167. The SMILES string of the molecule is CCN(CC(NC)C1CCCCC1)C(C)C. The van der Waals surface area contributed by atoms with Gasteiger partial charge in [0.2, 0.25) is 0 Å². The molecule has 0 aromatic carbocycles. The van der Waals surface area contributed by atoms with E-state index in [1.807, 2.05) is 0 Å². The zero-order valence-electron chi connectivity index (χ0n) is 11.6. The first-order valence-electron chi connectivity index (χ1n) is 7.10. The summed E-state index contributed by atoms with van der Waals surface area (Å²) in [6, 6.07) is 1.37. The van der Waals surface area contributed by atoms with E-state index in [9.17, 15) is 0 Å². The molecule has 1 atom stereocenters. The first-order chi connectivity index (χ1) is 7.69. The first-order valence-corrected chi connectivity index (χ1v) is 7.10. The maximum Gasteiger partial charge on any atom is 0.0220 e. The summed E-state index contributed by atoms with van der Waals surface area (Å²) in [6.45, 7) is 9.26. The van der Waals surface area contributed by atoms with Crippen molar-refractivity contribution < 1.29 is 0 Å². The van der Waals surface area contributed by atoms with Gasteiger partial charge in [-0.3, -0.25) is 4.90 Å². The van der Waals surface area contributed by atoms with Crippen LogP contribution in [0.5, 0.6) is 0 Å². The Balaban J connectivity index is 2.45. The minimum atomic E-state index is 0.671. The van der Waals surface area contributed by atoms with E-state index in [4.69, 9.17) is 0 Å². The second-order valence-electron chi connectivity index (χ2n) is 5.47. The fourth-order valence-electron chi connectivity index (χ4n) is 2.97. The van der Waals surface area contributed by atoms with Crippen molar-refractivity contribution >= 4 is 0 Å². The topological polar surface area (TPSA) is 15.3 Å². The van der Waals surface area contributed by atoms with E-state index in [1.54, 1.807) is 0 Å². The van der Waals surface area contributed by atoms with Crippen LogP contribution in [0.2, 0.25) is 0 Å². The van der Waals surface area contributed by atoms with Gasteiger partial charge in [-0.25, -0.2) is 0 Å². The van der Waals surface area contributed by atoms with Crippen LogP contribution in [0, 0.1) is 5.92 Å². The van der Waals surface area contributed by atoms with Gasteiger partial charge in [-0.05, 0) is 46.2 Å². The third-order valence-corrected chi connectivity index (χ3v) is 4.16. The molecule has 1 unspecified atom stereocenters. The Hall–Kier alpha value is -0.0800. The summed E-state index contributed by atoms with van der Waals surface area (Å²) < 4.78 is 0. The van der Waals surface area contributed by atoms with Gasteiger partial charge in [-0.15, -0.1) is 0 Å². The molecule has 0 aromatic heterocycles. The molecular formula is C14H30N2. The lowest BCUT2D eigenvalue weighted by atomic mass is 9.83. The number of rotatable bonds is 6. The lowest BCUT2D eigenvalue weighted by Crippen LogP contribution is -2.46. The van der Waals surface area contributed by atoms with Crippen molar-refractivity contribution in [3.63, 3.8) is 0 Å². The minimum absolute atomic E-state index is 0.671. The van der Waals surface area contributed by atoms with Crippen molar-refractivity contribution in [2.75, 3.05) is 20.1 Å². The molecule has 0 saturated heterocycles. The number of nitrogens with zero attached hydrogens (tertiary/aromatic N) is 1. The maximum atomic E-state index is 3.55. The van der Waals surface area contributed by atoms with Crippen LogP contribution in [0.3, 0.4) is 0 Å². The predicted octanol–water partition coefficient (Wildman–Crippen LogP) is 2.89. The summed E-state index contributed by atoms with van der Waals surface area (Å²) in [7, 11) is 2.13. The third kappa shape index (κ3) is 4.06. The molecule has 1 saturated carbocycles. The van der Waals surface area contributed by atoms with Gasteiger partial charge in [0, 0.05) is 18.6 Å². The molecule has 0 amide bonds. The molecule has 96 valence electrons. The molecule has 0 bridgehead atoms.